The van der Waals surface area contributed by atoms with E-state index in [-0.39, 0.29) is 5.56 Å². The second-order valence-electron chi connectivity index (χ2n) is 4.34. The van der Waals surface area contributed by atoms with Gasteiger partial charge in [-0.1, -0.05) is 11.6 Å². The third-order valence-electron chi connectivity index (χ3n) is 3.03. The summed E-state index contributed by atoms with van der Waals surface area (Å²) in [5.41, 5.74) is 1.65. The molecule has 0 radical (unpaired) electrons. The van der Waals surface area contributed by atoms with Crippen LogP contribution in [0, 0.1) is 6.92 Å². The van der Waals surface area contributed by atoms with Gasteiger partial charge in [-0.25, -0.2) is 14.5 Å². The normalized spacial score (nSPS) is 11.2. The summed E-state index contributed by atoms with van der Waals surface area (Å²) >= 11 is 6.00. The highest BCUT2D eigenvalue weighted by atomic mass is 35.5. The quantitative estimate of drug-likeness (QED) is 0.778. The summed E-state index contributed by atoms with van der Waals surface area (Å²) in [5.74, 6) is -1.08. The first-order valence-electron chi connectivity index (χ1n) is 5.75. The van der Waals surface area contributed by atoms with Crippen LogP contribution in [-0.4, -0.2) is 35.6 Å². The summed E-state index contributed by atoms with van der Waals surface area (Å²) in [6, 6.07) is 0. The molecule has 1 N–H and O–H groups in total. The molecule has 0 amide bonds. The number of aromatic carboxylic acids is 1. The fourth-order valence-corrected chi connectivity index (χ4v) is 2.17. The van der Waals surface area contributed by atoms with Crippen molar-refractivity contribution in [1.29, 1.82) is 0 Å². The van der Waals surface area contributed by atoms with Crippen LogP contribution < -0.4 is 0 Å². The highest BCUT2D eigenvalue weighted by Gasteiger charge is 2.19. The van der Waals surface area contributed by atoms with Crippen molar-refractivity contribution in [2.45, 2.75) is 6.92 Å². The number of carbonyl (C=O) groups is 1. The summed E-state index contributed by atoms with van der Waals surface area (Å²) in [5, 5.41) is 18.7. The zero-order valence-electron chi connectivity index (χ0n) is 10.7. The first-order valence-corrected chi connectivity index (χ1v) is 6.13. The van der Waals surface area contributed by atoms with Crippen LogP contribution >= 0.6 is 11.6 Å². The second kappa shape index (κ2) is 4.31. The van der Waals surface area contributed by atoms with E-state index in [0.717, 1.165) is 0 Å². The second-order valence-corrected chi connectivity index (χ2v) is 4.75. The molecule has 0 aliphatic rings. The third-order valence-corrected chi connectivity index (χ3v) is 3.40. The molecule has 0 saturated heterocycles. The molecule has 0 unspecified atom stereocenters. The average Bonchev–Trinajstić information content (AvgIpc) is 2.93. The van der Waals surface area contributed by atoms with Crippen molar-refractivity contribution in [2.24, 2.45) is 7.05 Å². The van der Waals surface area contributed by atoms with Crippen LogP contribution in [0.2, 0.25) is 5.02 Å². The van der Waals surface area contributed by atoms with E-state index in [4.69, 9.17) is 11.6 Å². The van der Waals surface area contributed by atoms with Gasteiger partial charge in [-0.2, -0.15) is 10.2 Å². The molecule has 7 nitrogen and oxygen atoms in total. The number of aryl methyl sites for hydroxylation is 2. The predicted octanol–water partition coefficient (Wildman–Crippen LogP) is 1.81. The lowest BCUT2D eigenvalue weighted by molar-refractivity contribution is 0.0696. The summed E-state index contributed by atoms with van der Waals surface area (Å²) in [6.45, 7) is 1.75. The van der Waals surface area contributed by atoms with Crippen LogP contribution in [0.25, 0.3) is 16.7 Å². The largest absolute Gasteiger partial charge is 0.478 e. The van der Waals surface area contributed by atoms with Gasteiger partial charge in [-0.05, 0) is 6.92 Å². The molecule has 8 heteroatoms. The van der Waals surface area contributed by atoms with Crippen LogP contribution in [0.4, 0.5) is 0 Å². The summed E-state index contributed by atoms with van der Waals surface area (Å²) < 4.78 is 3.02. The lowest BCUT2D eigenvalue weighted by Gasteiger charge is -2.07. The topological polar surface area (TPSA) is 85.8 Å². The Morgan fingerprint density at radius 2 is 2.15 bits per heavy atom. The number of nitrogens with zero attached hydrogens (tertiary/aromatic N) is 5. The van der Waals surface area contributed by atoms with Gasteiger partial charge < -0.3 is 5.11 Å². The molecule has 3 aromatic heterocycles. The number of aromatic nitrogens is 5. The van der Waals surface area contributed by atoms with E-state index >= 15 is 0 Å². The molecule has 0 saturated carbocycles. The molecule has 102 valence electrons. The fourth-order valence-electron chi connectivity index (χ4n) is 2.04. The molecule has 0 fully saturated rings. The maximum atomic E-state index is 11.4. The van der Waals surface area contributed by atoms with Crippen molar-refractivity contribution in [3.8, 4) is 5.69 Å². The Kier molecular flexibility index (Phi) is 2.72. The van der Waals surface area contributed by atoms with E-state index in [2.05, 4.69) is 15.2 Å². The molecule has 0 aliphatic heterocycles. The van der Waals surface area contributed by atoms with Gasteiger partial charge in [0, 0.05) is 19.4 Å². The first-order chi connectivity index (χ1) is 9.49. The van der Waals surface area contributed by atoms with Crippen LogP contribution in [0.15, 0.2) is 18.6 Å². The lowest BCUT2D eigenvalue weighted by Crippen LogP contribution is -2.08. The maximum Gasteiger partial charge on any atom is 0.339 e. The highest BCUT2D eigenvalue weighted by Crippen LogP contribution is 2.26. The molecule has 0 atom stereocenters. The van der Waals surface area contributed by atoms with Crippen LogP contribution in [-0.2, 0) is 7.05 Å². The van der Waals surface area contributed by atoms with E-state index in [0.29, 0.717) is 27.4 Å². The number of fused-ring (bicyclic) bond motifs is 1. The predicted molar refractivity (Wildman–Crippen MR) is 72.3 cm³/mol. The van der Waals surface area contributed by atoms with Gasteiger partial charge in [0.05, 0.1) is 28.0 Å². The maximum absolute atomic E-state index is 11.4. The number of hydrogen-bond donors (Lipinski definition) is 1. The first kappa shape index (κ1) is 12.6. The van der Waals surface area contributed by atoms with Crippen molar-refractivity contribution < 1.29 is 9.90 Å². The van der Waals surface area contributed by atoms with Crippen molar-refractivity contribution in [1.82, 2.24) is 24.5 Å². The Morgan fingerprint density at radius 1 is 1.40 bits per heavy atom. The molecular formula is C12H10ClN5O2. The Hall–Kier alpha value is -2.41. The minimum absolute atomic E-state index is 0.0460. The summed E-state index contributed by atoms with van der Waals surface area (Å²) in [4.78, 5) is 15.5. The van der Waals surface area contributed by atoms with Gasteiger partial charge in [0.1, 0.15) is 5.56 Å². The molecule has 0 spiro atoms. The Morgan fingerprint density at radius 3 is 2.75 bits per heavy atom. The van der Waals surface area contributed by atoms with Gasteiger partial charge >= 0.3 is 5.97 Å². The molecule has 3 aromatic rings. The van der Waals surface area contributed by atoms with Crippen molar-refractivity contribution >= 4 is 28.6 Å². The number of hydrogen-bond acceptors (Lipinski definition) is 4. The standard InChI is InChI=1S/C12H10ClN5O2/c1-6-9(13)5-18(16-6)10-7-4-15-17(2)11(7)14-3-8(10)12(19)20/h3-5H,1-2H3,(H,19,20). The number of pyridine rings is 1. The van der Waals surface area contributed by atoms with E-state index in [9.17, 15) is 9.90 Å². The number of carboxylic acid groups (broad SMARTS) is 1. The fraction of sp³-hybridized carbons (Fsp3) is 0.167. The molecule has 20 heavy (non-hydrogen) atoms. The van der Waals surface area contributed by atoms with Crippen LogP contribution in [0.3, 0.4) is 0 Å². The molecule has 0 aromatic carbocycles. The zero-order chi connectivity index (χ0) is 14.4. The third kappa shape index (κ3) is 1.75. The van der Waals surface area contributed by atoms with Crippen LogP contribution in [0.5, 0.6) is 0 Å². The van der Waals surface area contributed by atoms with Crippen molar-refractivity contribution in [2.75, 3.05) is 0 Å². The van der Waals surface area contributed by atoms with E-state index in [1.165, 1.54) is 10.9 Å². The van der Waals surface area contributed by atoms with E-state index < -0.39 is 5.97 Å². The summed E-state index contributed by atoms with van der Waals surface area (Å²) in [7, 11) is 1.74. The molecular weight excluding hydrogens is 282 g/mol. The molecule has 0 aliphatic carbocycles. The minimum atomic E-state index is -1.08. The van der Waals surface area contributed by atoms with Crippen molar-refractivity contribution in [3.05, 3.63) is 34.9 Å². The van der Waals surface area contributed by atoms with Crippen molar-refractivity contribution in [3.63, 3.8) is 0 Å². The van der Waals surface area contributed by atoms with Crippen LogP contribution in [0.1, 0.15) is 16.1 Å². The van der Waals surface area contributed by atoms with Gasteiger partial charge in [-0.15, -0.1) is 0 Å². The SMILES string of the molecule is Cc1nn(-c2c(C(=O)O)cnc3c2cnn3C)cc1Cl. The Balaban J connectivity index is 2.41. The Bertz CT molecular complexity index is 816. The summed E-state index contributed by atoms with van der Waals surface area (Å²) in [6.07, 6.45) is 4.44. The Labute approximate surface area is 118 Å². The molecule has 0 bridgehead atoms. The smallest absolute Gasteiger partial charge is 0.339 e. The highest BCUT2D eigenvalue weighted by molar-refractivity contribution is 6.31. The van der Waals surface area contributed by atoms with E-state index in [1.54, 1.807) is 31.0 Å². The number of carboxylic acids is 1. The van der Waals surface area contributed by atoms with Gasteiger partial charge in [0.15, 0.2) is 5.65 Å². The molecule has 3 rings (SSSR count). The average molecular weight is 292 g/mol. The zero-order valence-corrected chi connectivity index (χ0v) is 11.5. The van der Waals surface area contributed by atoms with Gasteiger partial charge in [0.2, 0.25) is 0 Å². The monoisotopic (exact) mass is 291 g/mol. The van der Waals surface area contributed by atoms with Gasteiger partial charge in [-0.3, -0.25) is 4.68 Å². The number of halogens is 1. The molecule has 3 heterocycles. The number of rotatable bonds is 2. The minimum Gasteiger partial charge on any atom is -0.478 e. The lowest BCUT2D eigenvalue weighted by atomic mass is 10.2. The van der Waals surface area contributed by atoms with Gasteiger partial charge in [0.25, 0.3) is 0 Å². The van der Waals surface area contributed by atoms with E-state index in [1.807, 2.05) is 0 Å².